The van der Waals surface area contributed by atoms with Gasteiger partial charge in [0, 0.05) is 30.4 Å². The molecule has 4 bridgehead atoms. The highest BCUT2D eigenvalue weighted by Crippen LogP contribution is 2.60. The quantitative estimate of drug-likeness (QED) is 0.864. The van der Waals surface area contributed by atoms with Crippen LogP contribution in [0.1, 0.15) is 32.1 Å². The fraction of sp³-hybridized carbons (Fsp3) is 0.526. The summed E-state index contributed by atoms with van der Waals surface area (Å²) in [6.45, 7) is 0. The molecule has 2 aliphatic heterocycles. The molecule has 4 heteroatoms. The Morgan fingerprint density at radius 3 is 2.39 bits per heavy atom. The Morgan fingerprint density at radius 2 is 1.70 bits per heavy atom. The molecule has 0 atom stereocenters. The molecule has 1 aromatic heterocycles. The standard InChI is InChI=1S/C19H22N4/c1-2-6-22(5-1)17-4-3-7-23-18(17)20-21-19(23)15-9-13-8-14(11-15)12-16(19)10-13/h1-7,13-16,21H,8-12H2. The second-order valence-corrected chi connectivity index (χ2v) is 8.03. The predicted octanol–water partition coefficient (Wildman–Crippen LogP) is 3.23. The molecule has 1 N–H and O–H groups in total. The number of amidine groups is 1. The van der Waals surface area contributed by atoms with Gasteiger partial charge in [-0.25, -0.2) is 0 Å². The Balaban J connectivity index is 1.42. The second-order valence-electron chi connectivity index (χ2n) is 8.03. The molecule has 6 aliphatic rings. The van der Waals surface area contributed by atoms with Crippen molar-refractivity contribution in [3.8, 4) is 0 Å². The minimum absolute atomic E-state index is 0.0475. The third kappa shape index (κ3) is 1.45. The predicted molar refractivity (Wildman–Crippen MR) is 90.0 cm³/mol. The number of rotatable bonds is 1. The molecule has 4 fully saturated rings. The summed E-state index contributed by atoms with van der Waals surface area (Å²) in [7, 11) is 0. The number of allylic oxidation sites excluding steroid dienone is 2. The first-order chi connectivity index (χ1) is 11.3. The zero-order valence-electron chi connectivity index (χ0n) is 13.2. The second kappa shape index (κ2) is 4.11. The van der Waals surface area contributed by atoms with Gasteiger partial charge in [-0.1, -0.05) is 0 Å². The molecule has 3 heterocycles. The molecule has 4 aliphatic carbocycles. The average Bonchev–Trinajstić information content (AvgIpc) is 3.21. The van der Waals surface area contributed by atoms with E-state index in [4.69, 9.17) is 5.10 Å². The van der Waals surface area contributed by atoms with Gasteiger partial charge < -0.3 is 9.47 Å². The largest absolute Gasteiger partial charge is 0.321 e. The Bertz CT molecular complexity index is 711. The molecule has 7 rings (SSSR count). The summed E-state index contributed by atoms with van der Waals surface area (Å²) >= 11 is 0. The van der Waals surface area contributed by atoms with Crippen LogP contribution in [-0.4, -0.2) is 21.0 Å². The van der Waals surface area contributed by atoms with Gasteiger partial charge in [-0.15, -0.1) is 0 Å². The smallest absolute Gasteiger partial charge is 0.178 e. The lowest BCUT2D eigenvalue weighted by Crippen LogP contribution is -2.68. The summed E-state index contributed by atoms with van der Waals surface area (Å²) in [6.07, 6.45) is 17.9. The van der Waals surface area contributed by atoms with E-state index >= 15 is 0 Å². The maximum absolute atomic E-state index is 4.85. The van der Waals surface area contributed by atoms with E-state index in [1.54, 1.807) is 0 Å². The Hall–Kier alpha value is -1.97. The van der Waals surface area contributed by atoms with Crippen molar-refractivity contribution in [3.05, 3.63) is 42.9 Å². The van der Waals surface area contributed by atoms with Gasteiger partial charge in [0.15, 0.2) is 5.84 Å². The molecule has 0 radical (unpaired) electrons. The third-order valence-electron chi connectivity index (χ3n) is 6.95. The van der Waals surface area contributed by atoms with Gasteiger partial charge in [-0.3, -0.25) is 5.43 Å². The van der Waals surface area contributed by atoms with Gasteiger partial charge in [-0.05, 0) is 68.2 Å². The molecular formula is C19H22N4. The molecule has 1 aromatic rings. The van der Waals surface area contributed by atoms with E-state index in [1.165, 1.54) is 37.8 Å². The molecule has 4 nitrogen and oxygen atoms in total. The minimum Gasteiger partial charge on any atom is -0.321 e. The van der Waals surface area contributed by atoms with Crippen molar-refractivity contribution < 1.29 is 0 Å². The zero-order chi connectivity index (χ0) is 15.0. The number of hydrazone groups is 1. The van der Waals surface area contributed by atoms with Crippen molar-refractivity contribution in [2.75, 3.05) is 0 Å². The number of hydrogen-bond donors (Lipinski definition) is 1. The van der Waals surface area contributed by atoms with Gasteiger partial charge in [0.1, 0.15) is 5.66 Å². The SMILES string of the molecule is C1=CN2C(=NNC23C2CC4CC(C2)CC3C4)C(n2cccc2)=C1. The Labute approximate surface area is 136 Å². The van der Waals surface area contributed by atoms with Crippen molar-refractivity contribution in [1.82, 2.24) is 14.9 Å². The van der Waals surface area contributed by atoms with Crippen molar-refractivity contribution in [2.45, 2.75) is 37.8 Å². The van der Waals surface area contributed by atoms with E-state index in [0.29, 0.717) is 0 Å². The van der Waals surface area contributed by atoms with Crippen LogP contribution in [0.5, 0.6) is 0 Å². The van der Waals surface area contributed by atoms with E-state index in [0.717, 1.165) is 29.5 Å². The molecule has 0 unspecified atom stereocenters. The van der Waals surface area contributed by atoms with Crippen molar-refractivity contribution in [1.29, 1.82) is 0 Å². The van der Waals surface area contributed by atoms with Gasteiger partial charge in [0.2, 0.25) is 0 Å². The zero-order valence-corrected chi connectivity index (χ0v) is 13.2. The van der Waals surface area contributed by atoms with Crippen LogP contribution >= 0.6 is 0 Å². The average molecular weight is 306 g/mol. The highest BCUT2D eigenvalue weighted by Gasteiger charge is 2.62. The highest BCUT2D eigenvalue weighted by atomic mass is 15.6. The molecule has 1 spiro atoms. The van der Waals surface area contributed by atoms with E-state index < -0.39 is 0 Å². The lowest BCUT2D eigenvalue weighted by atomic mass is 9.51. The summed E-state index contributed by atoms with van der Waals surface area (Å²) in [4.78, 5) is 2.48. The molecule has 118 valence electrons. The van der Waals surface area contributed by atoms with Crippen molar-refractivity contribution in [3.63, 3.8) is 0 Å². The van der Waals surface area contributed by atoms with Crippen molar-refractivity contribution >= 4 is 11.5 Å². The molecular weight excluding hydrogens is 284 g/mol. The van der Waals surface area contributed by atoms with Gasteiger partial charge in [-0.2, -0.15) is 5.10 Å². The van der Waals surface area contributed by atoms with Gasteiger partial charge in [0.25, 0.3) is 0 Å². The van der Waals surface area contributed by atoms with E-state index in [2.05, 4.69) is 57.8 Å². The lowest BCUT2D eigenvalue weighted by molar-refractivity contribution is -0.110. The maximum Gasteiger partial charge on any atom is 0.178 e. The monoisotopic (exact) mass is 306 g/mol. The van der Waals surface area contributed by atoms with Crippen LogP contribution in [0.4, 0.5) is 0 Å². The summed E-state index contributed by atoms with van der Waals surface area (Å²) in [5.74, 6) is 4.53. The van der Waals surface area contributed by atoms with Gasteiger partial charge in [0.05, 0.1) is 5.70 Å². The van der Waals surface area contributed by atoms with Gasteiger partial charge >= 0.3 is 0 Å². The van der Waals surface area contributed by atoms with Crippen LogP contribution in [0.25, 0.3) is 5.70 Å². The fourth-order valence-corrected chi connectivity index (χ4v) is 6.27. The van der Waals surface area contributed by atoms with Crippen LogP contribution in [0.3, 0.4) is 0 Å². The Morgan fingerprint density at radius 1 is 1.00 bits per heavy atom. The summed E-state index contributed by atoms with van der Waals surface area (Å²) in [5, 5.41) is 4.85. The number of nitrogens with one attached hydrogen (secondary N) is 1. The van der Waals surface area contributed by atoms with Crippen LogP contribution < -0.4 is 5.43 Å². The van der Waals surface area contributed by atoms with Crippen LogP contribution in [-0.2, 0) is 0 Å². The summed E-state index contributed by atoms with van der Waals surface area (Å²) < 4.78 is 2.17. The maximum atomic E-state index is 4.85. The van der Waals surface area contributed by atoms with Crippen LogP contribution in [0.15, 0.2) is 48.0 Å². The van der Waals surface area contributed by atoms with Crippen LogP contribution in [0.2, 0.25) is 0 Å². The summed E-state index contributed by atoms with van der Waals surface area (Å²) in [5.41, 5.74) is 4.88. The Kier molecular flexibility index (Phi) is 2.22. The first kappa shape index (κ1) is 12.5. The van der Waals surface area contributed by atoms with E-state index in [1.807, 2.05) is 0 Å². The first-order valence-corrected chi connectivity index (χ1v) is 9.01. The minimum atomic E-state index is 0.0475. The summed E-state index contributed by atoms with van der Waals surface area (Å²) in [6, 6.07) is 4.15. The van der Waals surface area contributed by atoms with E-state index in [9.17, 15) is 0 Å². The van der Waals surface area contributed by atoms with E-state index in [-0.39, 0.29) is 5.66 Å². The van der Waals surface area contributed by atoms with Crippen molar-refractivity contribution in [2.24, 2.45) is 28.8 Å². The first-order valence-electron chi connectivity index (χ1n) is 9.01. The molecule has 4 saturated carbocycles. The molecule has 0 aromatic carbocycles. The number of hydrogen-bond acceptors (Lipinski definition) is 3. The van der Waals surface area contributed by atoms with Crippen LogP contribution in [0, 0.1) is 23.7 Å². The number of nitrogens with zero attached hydrogens (tertiary/aromatic N) is 3. The topological polar surface area (TPSA) is 32.6 Å². The number of fused-ring (bicyclic) bond motifs is 1. The lowest BCUT2D eigenvalue weighted by Gasteiger charge is -2.61. The third-order valence-corrected chi connectivity index (χ3v) is 6.95. The normalized spacial score (nSPS) is 42.7. The molecule has 0 saturated heterocycles. The fourth-order valence-electron chi connectivity index (χ4n) is 6.27. The highest BCUT2D eigenvalue weighted by molar-refractivity contribution is 6.19. The number of aromatic nitrogens is 1. The molecule has 0 amide bonds. The molecule has 23 heavy (non-hydrogen) atoms.